The minimum atomic E-state index is -1.95. The average Bonchev–Trinajstić information content (AvgIpc) is 2.94. The lowest BCUT2D eigenvalue weighted by Crippen LogP contribution is -2.81. The third-order valence-corrected chi connectivity index (χ3v) is 10.8. The van der Waals surface area contributed by atoms with Gasteiger partial charge in [-0.15, -0.1) is 0 Å². The average molecular weight is 599 g/mol. The Morgan fingerprint density at radius 3 is 2.30 bits per heavy atom. The molecule has 43 heavy (non-hydrogen) atoms. The first-order valence-corrected chi connectivity index (χ1v) is 15.0. The van der Waals surface area contributed by atoms with Crippen molar-refractivity contribution in [1.82, 2.24) is 0 Å². The van der Waals surface area contributed by atoms with E-state index in [4.69, 9.17) is 18.9 Å². The highest BCUT2D eigenvalue weighted by Crippen LogP contribution is 2.65. The number of rotatable bonds is 5. The molecular formula is C33H42O10. The summed E-state index contributed by atoms with van der Waals surface area (Å²) in [6.07, 6.45) is -4.57. The largest absolute Gasteiger partial charge is 0.461 e. The van der Waals surface area contributed by atoms with E-state index in [0.717, 1.165) is 0 Å². The van der Waals surface area contributed by atoms with Crippen LogP contribution in [0.3, 0.4) is 0 Å². The highest BCUT2D eigenvalue weighted by molar-refractivity contribution is 5.92. The molecule has 1 aromatic carbocycles. The number of ether oxygens (including phenoxy) is 4. The van der Waals surface area contributed by atoms with Crippen molar-refractivity contribution in [2.24, 2.45) is 22.7 Å². The van der Waals surface area contributed by atoms with E-state index < -0.39 is 76.2 Å². The maximum absolute atomic E-state index is 15.0. The summed E-state index contributed by atoms with van der Waals surface area (Å²) in [5, 5.41) is 24.3. The molecule has 9 atom stereocenters. The molecule has 1 aromatic rings. The van der Waals surface area contributed by atoms with Crippen molar-refractivity contribution in [2.45, 2.75) is 103 Å². The fourth-order valence-corrected chi connectivity index (χ4v) is 8.55. The van der Waals surface area contributed by atoms with Gasteiger partial charge in [0.2, 0.25) is 0 Å². The van der Waals surface area contributed by atoms with Crippen LogP contribution in [0.25, 0.3) is 0 Å². The van der Waals surface area contributed by atoms with E-state index in [1.165, 1.54) is 6.92 Å². The van der Waals surface area contributed by atoms with Crippen molar-refractivity contribution in [1.29, 1.82) is 0 Å². The normalized spacial score (nSPS) is 39.7. The first-order chi connectivity index (χ1) is 20.1. The smallest absolute Gasteiger partial charge is 0.338 e. The maximum atomic E-state index is 15.0. The molecule has 0 spiro atoms. The molecule has 2 N–H and O–H groups in total. The van der Waals surface area contributed by atoms with Crippen molar-refractivity contribution in [3.8, 4) is 0 Å². The van der Waals surface area contributed by atoms with Crippen molar-refractivity contribution in [3.05, 3.63) is 47.0 Å². The van der Waals surface area contributed by atoms with E-state index >= 15 is 0 Å². The number of Topliss-reactive ketones (excluding diaryl/α,β-unsaturated/α-hetero) is 1. The molecular weight excluding hydrogens is 556 g/mol. The zero-order chi connectivity index (χ0) is 31.7. The standard InChI is InChI=1S/C33H42O10/c1-8-24(36)41-22-14-23-32(16-40-23,43-19(4)34)26-28(42-29(38)20-12-10-9-11-13-20)33(39)15-21(35)17(2)25(30(33,5)6)18(3)27(37)31(22,26)7/h9-13,18,21-23,26,28,35,39H,8,14-16H2,1-7H3/t18-,21+,22?,23-,26?,28+,31-,32+,33-/m1/s1. The minimum absolute atomic E-state index is 0.0570. The summed E-state index contributed by atoms with van der Waals surface area (Å²) < 4.78 is 24.2. The van der Waals surface area contributed by atoms with Crippen LogP contribution in [0.15, 0.2) is 41.5 Å². The molecule has 2 bridgehead atoms. The van der Waals surface area contributed by atoms with Crippen molar-refractivity contribution < 1.29 is 48.3 Å². The van der Waals surface area contributed by atoms with E-state index in [2.05, 4.69) is 0 Å². The second-order valence-electron chi connectivity index (χ2n) is 13.3. The summed E-state index contributed by atoms with van der Waals surface area (Å²) in [7, 11) is 0. The second kappa shape index (κ2) is 10.5. The van der Waals surface area contributed by atoms with Crippen LogP contribution in [-0.4, -0.2) is 76.1 Å². The van der Waals surface area contributed by atoms with E-state index in [0.29, 0.717) is 11.1 Å². The van der Waals surface area contributed by atoms with Gasteiger partial charge in [0.25, 0.3) is 0 Å². The van der Waals surface area contributed by atoms with Gasteiger partial charge in [-0.3, -0.25) is 14.4 Å². The summed E-state index contributed by atoms with van der Waals surface area (Å²) in [5.74, 6) is -4.29. The van der Waals surface area contributed by atoms with Gasteiger partial charge in [-0.25, -0.2) is 4.79 Å². The van der Waals surface area contributed by atoms with Crippen LogP contribution in [0.5, 0.6) is 0 Å². The maximum Gasteiger partial charge on any atom is 0.338 e. The van der Waals surface area contributed by atoms with Crippen LogP contribution >= 0.6 is 0 Å². The molecule has 234 valence electrons. The quantitative estimate of drug-likeness (QED) is 0.294. The second-order valence-corrected chi connectivity index (χ2v) is 13.3. The van der Waals surface area contributed by atoms with Crippen LogP contribution in [0.1, 0.15) is 78.1 Å². The number of aliphatic hydroxyl groups is 2. The number of benzene rings is 1. The van der Waals surface area contributed by atoms with Gasteiger partial charge in [0.05, 0.1) is 29.6 Å². The van der Waals surface area contributed by atoms with Crippen LogP contribution in [0.2, 0.25) is 0 Å². The zero-order valence-electron chi connectivity index (χ0n) is 25.8. The molecule has 2 unspecified atom stereocenters. The molecule has 4 aliphatic rings. The fraction of sp³-hybridized carbons (Fsp3) is 0.636. The number of carbonyl (C=O) groups is 4. The number of fused-ring (bicyclic) bond motifs is 5. The molecule has 0 amide bonds. The number of esters is 3. The van der Waals surface area contributed by atoms with Gasteiger partial charge in [-0.2, -0.15) is 0 Å². The Labute approximate surface area is 251 Å². The molecule has 1 saturated heterocycles. The van der Waals surface area contributed by atoms with Gasteiger partial charge in [-0.05, 0) is 37.1 Å². The molecule has 10 nitrogen and oxygen atoms in total. The molecule has 10 heteroatoms. The Balaban J connectivity index is 1.83. The lowest BCUT2D eigenvalue weighted by atomic mass is 9.43. The van der Waals surface area contributed by atoms with Gasteiger partial charge >= 0.3 is 17.9 Å². The van der Waals surface area contributed by atoms with E-state index in [1.807, 2.05) is 0 Å². The van der Waals surface area contributed by atoms with Crippen molar-refractivity contribution >= 4 is 23.7 Å². The number of hydrogen-bond acceptors (Lipinski definition) is 10. The molecule has 0 aromatic heterocycles. The van der Waals surface area contributed by atoms with Crippen LogP contribution < -0.4 is 0 Å². The summed E-state index contributed by atoms with van der Waals surface area (Å²) in [4.78, 5) is 54.2. The minimum Gasteiger partial charge on any atom is -0.461 e. The lowest BCUT2D eigenvalue weighted by Gasteiger charge is -2.67. The van der Waals surface area contributed by atoms with Crippen LogP contribution in [0, 0.1) is 22.7 Å². The Morgan fingerprint density at radius 1 is 1.09 bits per heavy atom. The number of hydrogen-bond donors (Lipinski definition) is 2. The first-order valence-electron chi connectivity index (χ1n) is 15.0. The Morgan fingerprint density at radius 2 is 1.74 bits per heavy atom. The predicted molar refractivity (Wildman–Crippen MR) is 152 cm³/mol. The van der Waals surface area contributed by atoms with E-state index in [1.54, 1.807) is 71.9 Å². The molecule has 5 rings (SSSR count). The van der Waals surface area contributed by atoms with Crippen LogP contribution in [0.4, 0.5) is 0 Å². The van der Waals surface area contributed by atoms with Gasteiger partial charge in [0, 0.05) is 37.5 Å². The van der Waals surface area contributed by atoms with Crippen molar-refractivity contribution in [2.75, 3.05) is 6.61 Å². The third kappa shape index (κ3) is 4.39. The Kier molecular flexibility index (Phi) is 7.67. The molecule has 1 aliphatic heterocycles. The molecule has 1 heterocycles. The van der Waals surface area contributed by atoms with Gasteiger partial charge < -0.3 is 29.2 Å². The topological polar surface area (TPSA) is 146 Å². The number of aliphatic hydroxyl groups excluding tert-OH is 1. The molecule has 0 radical (unpaired) electrons. The highest BCUT2D eigenvalue weighted by atomic mass is 16.6. The zero-order valence-corrected chi connectivity index (χ0v) is 25.8. The lowest BCUT2D eigenvalue weighted by molar-refractivity contribution is -0.346. The third-order valence-electron chi connectivity index (χ3n) is 10.8. The van der Waals surface area contributed by atoms with Gasteiger partial charge in [0.15, 0.2) is 5.60 Å². The molecule has 3 fully saturated rings. The predicted octanol–water partition coefficient (Wildman–Crippen LogP) is 3.32. The van der Waals surface area contributed by atoms with Gasteiger partial charge in [-0.1, -0.05) is 45.9 Å². The summed E-state index contributed by atoms with van der Waals surface area (Å²) in [6, 6.07) is 8.24. The Bertz CT molecular complexity index is 1370. The fourth-order valence-electron chi connectivity index (χ4n) is 8.55. The summed E-state index contributed by atoms with van der Waals surface area (Å²) in [6.45, 7) is 11.4. The first kappa shape index (κ1) is 31.3. The van der Waals surface area contributed by atoms with Gasteiger partial charge in [0.1, 0.15) is 29.7 Å². The monoisotopic (exact) mass is 598 g/mol. The Hall–Kier alpha value is -3.08. The van der Waals surface area contributed by atoms with E-state index in [9.17, 15) is 29.4 Å². The van der Waals surface area contributed by atoms with Crippen LogP contribution in [-0.2, 0) is 33.3 Å². The molecule has 2 saturated carbocycles. The summed E-state index contributed by atoms with van der Waals surface area (Å²) >= 11 is 0. The highest BCUT2D eigenvalue weighted by Gasteiger charge is 2.78. The molecule has 3 aliphatic carbocycles. The number of carbonyl (C=O) groups excluding carboxylic acids is 4. The van der Waals surface area contributed by atoms with E-state index in [-0.39, 0.29) is 37.2 Å². The SMILES string of the molecule is CCC(=O)OC1C[C@H]2OC[C@@]2(OC(C)=O)C2[C@H](OC(=O)c3ccccc3)[C@]3(O)C[C@H](O)C(C)=C([C@@H](C)C(=O)[C@]12C)C3(C)C. The van der Waals surface area contributed by atoms with Crippen molar-refractivity contribution in [3.63, 3.8) is 0 Å². The number of ketones is 1. The summed E-state index contributed by atoms with van der Waals surface area (Å²) in [5.41, 5.74) is -4.91.